The minimum absolute atomic E-state index is 0.364. The van der Waals surface area contributed by atoms with Crippen LogP contribution in [0.15, 0.2) is 23.2 Å². The van der Waals surface area contributed by atoms with Crippen LogP contribution in [0.3, 0.4) is 0 Å². The van der Waals surface area contributed by atoms with Gasteiger partial charge in [-0.2, -0.15) is 4.99 Å². The van der Waals surface area contributed by atoms with E-state index in [0.29, 0.717) is 0 Å². The van der Waals surface area contributed by atoms with Crippen LogP contribution in [0.2, 0.25) is 0 Å². The highest BCUT2D eigenvalue weighted by Gasteiger charge is 2.39. The van der Waals surface area contributed by atoms with Gasteiger partial charge in [0.25, 0.3) is 0 Å². The number of aliphatic imine (C=N–C) groups is 1. The molecule has 1 saturated carbocycles. The Kier molecular flexibility index (Phi) is 2.49. The Labute approximate surface area is 101 Å². The first-order valence-electron chi connectivity index (χ1n) is 6.20. The van der Waals surface area contributed by atoms with Crippen molar-refractivity contribution in [1.29, 1.82) is 0 Å². The third-order valence-corrected chi connectivity index (χ3v) is 3.91. The maximum atomic E-state index is 10.7. The van der Waals surface area contributed by atoms with Gasteiger partial charge in [-0.1, -0.05) is 31.0 Å². The summed E-state index contributed by atoms with van der Waals surface area (Å²) in [5, 5.41) is 0. The molecule has 1 fully saturated rings. The largest absolute Gasteiger partial charge is 0.493 e. The lowest BCUT2D eigenvalue weighted by Gasteiger charge is -2.24. The molecule has 1 aromatic rings. The molecule has 17 heavy (non-hydrogen) atoms. The number of para-hydroxylation sites is 1. The molecule has 0 spiro atoms. The van der Waals surface area contributed by atoms with Crippen LogP contribution in [-0.2, 0) is 16.8 Å². The summed E-state index contributed by atoms with van der Waals surface area (Å²) in [5.74, 6) is 0.966. The van der Waals surface area contributed by atoms with E-state index in [-0.39, 0.29) is 5.54 Å². The zero-order chi connectivity index (χ0) is 11.7. The van der Waals surface area contributed by atoms with Crippen molar-refractivity contribution >= 4 is 6.08 Å². The van der Waals surface area contributed by atoms with Crippen LogP contribution in [0.5, 0.6) is 5.75 Å². The number of rotatable bonds is 2. The normalized spacial score (nSPS) is 20.5. The molecule has 0 N–H and O–H groups in total. The summed E-state index contributed by atoms with van der Waals surface area (Å²) in [5.41, 5.74) is 1.97. The van der Waals surface area contributed by atoms with Crippen molar-refractivity contribution in [2.75, 3.05) is 6.61 Å². The Hall–Kier alpha value is -1.60. The van der Waals surface area contributed by atoms with Gasteiger partial charge in [0, 0.05) is 12.0 Å². The van der Waals surface area contributed by atoms with Crippen molar-refractivity contribution in [1.82, 2.24) is 0 Å². The quantitative estimate of drug-likeness (QED) is 0.577. The molecule has 1 heterocycles. The molecule has 3 nitrogen and oxygen atoms in total. The van der Waals surface area contributed by atoms with Crippen molar-refractivity contribution in [3.8, 4) is 5.75 Å². The van der Waals surface area contributed by atoms with E-state index < -0.39 is 0 Å². The first-order valence-corrected chi connectivity index (χ1v) is 6.20. The Bertz CT molecular complexity index is 483. The predicted octanol–water partition coefficient (Wildman–Crippen LogP) is 2.73. The van der Waals surface area contributed by atoms with Crippen molar-refractivity contribution < 1.29 is 9.53 Å². The molecule has 0 unspecified atom stereocenters. The second-order valence-corrected chi connectivity index (χ2v) is 4.83. The van der Waals surface area contributed by atoms with Crippen LogP contribution >= 0.6 is 0 Å². The second-order valence-electron chi connectivity index (χ2n) is 4.83. The number of benzene rings is 1. The number of hydrogen-bond donors (Lipinski definition) is 0. The molecule has 0 atom stereocenters. The number of fused-ring (bicyclic) bond motifs is 1. The summed E-state index contributed by atoms with van der Waals surface area (Å²) in [6, 6.07) is 6.19. The van der Waals surface area contributed by atoms with Crippen LogP contribution < -0.4 is 4.74 Å². The average Bonchev–Trinajstić information content (AvgIpc) is 2.97. The van der Waals surface area contributed by atoms with E-state index in [1.165, 1.54) is 5.56 Å². The highest BCUT2D eigenvalue weighted by molar-refractivity contribution is 5.50. The van der Waals surface area contributed by atoms with Crippen molar-refractivity contribution in [2.24, 2.45) is 4.99 Å². The fourth-order valence-corrected chi connectivity index (χ4v) is 3.07. The molecule has 1 aromatic carbocycles. The Balaban J connectivity index is 2.14. The van der Waals surface area contributed by atoms with Gasteiger partial charge in [-0.3, -0.25) is 0 Å². The van der Waals surface area contributed by atoms with Gasteiger partial charge in [0.1, 0.15) is 11.3 Å². The summed E-state index contributed by atoms with van der Waals surface area (Å²) in [6.07, 6.45) is 6.83. The minimum Gasteiger partial charge on any atom is -0.493 e. The number of ether oxygens (including phenoxy) is 1. The van der Waals surface area contributed by atoms with Crippen LogP contribution in [0.1, 0.15) is 36.8 Å². The van der Waals surface area contributed by atoms with E-state index in [2.05, 4.69) is 17.1 Å². The number of hydrogen-bond acceptors (Lipinski definition) is 3. The topological polar surface area (TPSA) is 38.7 Å². The summed E-state index contributed by atoms with van der Waals surface area (Å²) in [6.45, 7) is 0.743. The van der Waals surface area contributed by atoms with E-state index in [4.69, 9.17) is 4.74 Å². The SMILES string of the molecule is O=C=NC1(c2cccc3c2OCC3)CCCC1. The van der Waals surface area contributed by atoms with Gasteiger partial charge in [-0.05, 0) is 18.4 Å². The highest BCUT2D eigenvalue weighted by atomic mass is 16.5. The monoisotopic (exact) mass is 229 g/mol. The third kappa shape index (κ3) is 1.58. The molecule has 0 bridgehead atoms. The number of carbonyl (C=O) groups excluding carboxylic acids is 1. The fourth-order valence-electron chi connectivity index (χ4n) is 3.07. The summed E-state index contributed by atoms with van der Waals surface area (Å²) in [7, 11) is 0. The van der Waals surface area contributed by atoms with Gasteiger partial charge < -0.3 is 4.74 Å². The molecular weight excluding hydrogens is 214 g/mol. The smallest absolute Gasteiger partial charge is 0.235 e. The van der Waals surface area contributed by atoms with Crippen LogP contribution in [0, 0.1) is 0 Å². The molecule has 0 radical (unpaired) electrons. The summed E-state index contributed by atoms with van der Waals surface area (Å²) in [4.78, 5) is 14.8. The van der Waals surface area contributed by atoms with Crippen LogP contribution in [0.25, 0.3) is 0 Å². The lowest BCUT2D eigenvalue weighted by Crippen LogP contribution is -2.19. The molecule has 0 saturated heterocycles. The minimum atomic E-state index is -0.364. The van der Waals surface area contributed by atoms with E-state index in [0.717, 1.165) is 50.0 Å². The molecule has 3 rings (SSSR count). The molecule has 0 aromatic heterocycles. The standard InChI is InChI=1S/C14H15NO2/c16-10-15-14(7-1-2-8-14)12-5-3-4-11-6-9-17-13(11)12/h3-5H,1-2,6-9H2. The Morgan fingerprint density at radius 1 is 1.29 bits per heavy atom. The van der Waals surface area contributed by atoms with Gasteiger partial charge in [-0.25, -0.2) is 4.79 Å². The lowest BCUT2D eigenvalue weighted by atomic mass is 9.87. The molecule has 1 aliphatic heterocycles. The first kappa shape index (κ1) is 10.5. The zero-order valence-electron chi connectivity index (χ0n) is 9.74. The van der Waals surface area contributed by atoms with Crippen molar-refractivity contribution in [2.45, 2.75) is 37.6 Å². The second kappa shape index (κ2) is 4.01. The molecule has 0 amide bonds. The lowest BCUT2D eigenvalue weighted by molar-refractivity contribution is 0.339. The van der Waals surface area contributed by atoms with Gasteiger partial charge in [0.15, 0.2) is 0 Å². The summed E-state index contributed by atoms with van der Waals surface area (Å²) < 4.78 is 5.72. The fraction of sp³-hybridized carbons (Fsp3) is 0.500. The highest BCUT2D eigenvalue weighted by Crippen LogP contribution is 2.47. The van der Waals surface area contributed by atoms with Crippen LogP contribution in [-0.4, -0.2) is 12.7 Å². The van der Waals surface area contributed by atoms with E-state index in [1.807, 2.05) is 6.07 Å². The third-order valence-electron chi connectivity index (χ3n) is 3.91. The predicted molar refractivity (Wildman–Crippen MR) is 63.9 cm³/mol. The van der Waals surface area contributed by atoms with E-state index in [1.54, 1.807) is 6.08 Å². The number of isocyanates is 1. The van der Waals surface area contributed by atoms with Crippen molar-refractivity contribution in [3.05, 3.63) is 29.3 Å². The Morgan fingerprint density at radius 3 is 2.88 bits per heavy atom. The Morgan fingerprint density at radius 2 is 2.12 bits per heavy atom. The zero-order valence-corrected chi connectivity index (χ0v) is 9.74. The average molecular weight is 229 g/mol. The van der Waals surface area contributed by atoms with Gasteiger partial charge in [-0.15, -0.1) is 0 Å². The van der Waals surface area contributed by atoms with Gasteiger partial charge >= 0.3 is 0 Å². The van der Waals surface area contributed by atoms with Gasteiger partial charge in [0.05, 0.1) is 6.61 Å². The first-order chi connectivity index (χ1) is 8.36. The maximum Gasteiger partial charge on any atom is 0.235 e. The molecule has 88 valence electrons. The maximum absolute atomic E-state index is 10.7. The summed E-state index contributed by atoms with van der Waals surface area (Å²) >= 11 is 0. The molecule has 3 heteroatoms. The van der Waals surface area contributed by atoms with E-state index >= 15 is 0 Å². The van der Waals surface area contributed by atoms with Gasteiger partial charge in [0.2, 0.25) is 6.08 Å². The molecule has 1 aliphatic carbocycles. The van der Waals surface area contributed by atoms with Crippen molar-refractivity contribution in [3.63, 3.8) is 0 Å². The van der Waals surface area contributed by atoms with E-state index in [9.17, 15) is 4.79 Å². The van der Waals surface area contributed by atoms with Crippen LogP contribution in [0.4, 0.5) is 0 Å². The number of nitrogens with zero attached hydrogens (tertiary/aromatic N) is 1. The molecule has 2 aliphatic rings. The molecular formula is C14H15NO2.